The molecule has 8 heteroatoms. The van der Waals surface area contributed by atoms with Crippen LogP contribution >= 0.6 is 11.3 Å². The van der Waals surface area contributed by atoms with Gasteiger partial charge < -0.3 is 10.2 Å². The zero-order valence-electron chi connectivity index (χ0n) is 17.9. The predicted molar refractivity (Wildman–Crippen MR) is 125 cm³/mol. The van der Waals surface area contributed by atoms with Gasteiger partial charge in [0.25, 0.3) is 5.56 Å². The van der Waals surface area contributed by atoms with Gasteiger partial charge >= 0.3 is 0 Å². The highest BCUT2D eigenvalue weighted by atomic mass is 32.1. The molecule has 1 aromatic carbocycles. The fourth-order valence-electron chi connectivity index (χ4n) is 4.70. The highest BCUT2D eigenvalue weighted by molar-refractivity contribution is 7.18. The largest absolute Gasteiger partial charge is 0.341 e. The average molecular weight is 451 g/mol. The van der Waals surface area contributed by atoms with Crippen molar-refractivity contribution in [3.05, 3.63) is 57.5 Å². The molecule has 1 aliphatic heterocycles. The molecule has 0 bridgehead atoms. The molecule has 1 N–H and O–H groups in total. The fourth-order valence-corrected chi connectivity index (χ4v) is 5.92. The lowest BCUT2D eigenvalue weighted by Crippen LogP contribution is -2.43. The van der Waals surface area contributed by atoms with Crippen molar-refractivity contribution in [1.29, 1.82) is 0 Å². The van der Waals surface area contributed by atoms with E-state index in [-0.39, 0.29) is 29.8 Å². The number of aryl methyl sites for hydroxylation is 2. The number of hydrogen-bond donors (Lipinski definition) is 1. The summed E-state index contributed by atoms with van der Waals surface area (Å²) in [6.45, 7) is 1.03. The van der Waals surface area contributed by atoms with Crippen LogP contribution in [0.3, 0.4) is 0 Å². The number of nitrogens with zero attached hydrogens (tertiary/aromatic N) is 3. The summed E-state index contributed by atoms with van der Waals surface area (Å²) in [6, 6.07) is 9.41. The summed E-state index contributed by atoms with van der Waals surface area (Å²) in [7, 11) is 0. The van der Waals surface area contributed by atoms with E-state index >= 15 is 0 Å². The van der Waals surface area contributed by atoms with Gasteiger partial charge in [-0.2, -0.15) is 0 Å². The van der Waals surface area contributed by atoms with Crippen LogP contribution in [0.25, 0.3) is 10.2 Å². The molecule has 32 heavy (non-hydrogen) atoms. The minimum Gasteiger partial charge on any atom is -0.341 e. The van der Waals surface area contributed by atoms with Gasteiger partial charge in [0.15, 0.2) is 0 Å². The van der Waals surface area contributed by atoms with Crippen LogP contribution in [0.2, 0.25) is 0 Å². The number of thiophene rings is 1. The molecule has 2 aromatic heterocycles. The molecule has 0 radical (unpaired) electrons. The Morgan fingerprint density at radius 2 is 1.84 bits per heavy atom. The summed E-state index contributed by atoms with van der Waals surface area (Å²) < 4.78 is 1.44. The highest BCUT2D eigenvalue weighted by Crippen LogP contribution is 2.33. The molecule has 5 rings (SSSR count). The number of likely N-dealkylation sites (tertiary alicyclic amines) is 1. The number of carbonyl (C=O) groups excluding carboxylic acids is 2. The van der Waals surface area contributed by atoms with E-state index in [0.29, 0.717) is 31.3 Å². The smallest absolute Gasteiger partial charge is 0.262 e. The Bertz CT molecular complexity index is 1210. The topological polar surface area (TPSA) is 84.3 Å². The first-order valence-corrected chi connectivity index (χ1v) is 12.0. The Balaban J connectivity index is 1.23. The number of aromatic nitrogens is 2. The fraction of sp³-hybridized carbons (Fsp3) is 0.417. The number of fused-ring (bicyclic) bond motifs is 3. The Kier molecular flexibility index (Phi) is 5.78. The summed E-state index contributed by atoms with van der Waals surface area (Å²) in [6.07, 6.45) is 6.93. The Morgan fingerprint density at radius 1 is 1.09 bits per heavy atom. The number of rotatable bonds is 4. The predicted octanol–water partition coefficient (Wildman–Crippen LogP) is 3.21. The number of carbonyl (C=O) groups is 2. The standard InChI is InChI=1S/C24H26N4O3S/c29-20(27-12-10-16(11-13-27)22(30)26-17-6-2-1-3-7-17)14-28-15-25-23-21(24(28)31)18-8-4-5-9-19(18)32-23/h1-3,6-7,15-16H,4-5,8-14H2,(H,26,30). The minimum absolute atomic E-state index is 0.00333. The molecule has 2 amide bonds. The quantitative estimate of drug-likeness (QED) is 0.662. The molecule has 0 saturated carbocycles. The van der Waals surface area contributed by atoms with Gasteiger partial charge in [-0.25, -0.2) is 4.98 Å². The average Bonchev–Trinajstić information content (AvgIpc) is 3.21. The van der Waals surface area contributed by atoms with E-state index in [1.54, 1.807) is 16.2 Å². The summed E-state index contributed by atoms with van der Waals surface area (Å²) in [5.74, 6) is -0.215. The SMILES string of the molecule is O=C(Nc1ccccc1)C1CCN(C(=O)Cn2cnc3sc4c(c3c2=O)CCCC4)CC1. The van der Waals surface area contributed by atoms with Crippen LogP contribution in [0.4, 0.5) is 5.69 Å². The van der Waals surface area contributed by atoms with Crippen molar-refractivity contribution in [3.8, 4) is 0 Å². The van der Waals surface area contributed by atoms with Crippen molar-refractivity contribution in [3.63, 3.8) is 0 Å². The number of nitrogens with one attached hydrogen (secondary N) is 1. The molecule has 2 aliphatic rings. The van der Waals surface area contributed by atoms with E-state index in [9.17, 15) is 14.4 Å². The van der Waals surface area contributed by atoms with Crippen molar-refractivity contribution < 1.29 is 9.59 Å². The molecule has 1 fully saturated rings. The first-order valence-electron chi connectivity index (χ1n) is 11.2. The maximum atomic E-state index is 13.1. The third kappa shape index (κ3) is 4.07. The zero-order valence-corrected chi connectivity index (χ0v) is 18.7. The molecule has 0 atom stereocenters. The Morgan fingerprint density at radius 3 is 2.62 bits per heavy atom. The third-order valence-corrected chi connectivity index (χ3v) is 7.71. The minimum atomic E-state index is -0.114. The van der Waals surface area contributed by atoms with Crippen LogP contribution in [0, 0.1) is 5.92 Å². The molecular weight excluding hydrogens is 424 g/mol. The van der Waals surface area contributed by atoms with Gasteiger partial charge in [-0.1, -0.05) is 18.2 Å². The van der Waals surface area contributed by atoms with Gasteiger partial charge in [-0.15, -0.1) is 11.3 Å². The van der Waals surface area contributed by atoms with Crippen molar-refractivity contribution in [2.24, 2.45) is 5.92 Å². The number of anilines is 1. The molecular formula is C24H26N4O3S. The number of hydrogen-bond acceptors (Lipinski definition) is 5. The third-order valence-electron chi connectivity index (χ3n) is 6.51. The van der Waals surface area contributed by atoms with E-state index in [1.807, 2.05) is 30.3 Å². The van der Waals surface area contributed by atoms with E-state index in [2.05, 4.69) is 10.3 Å². The lowest BCUT2D eigenvalue weighted by Gasteiger charge is -2.31. The second-order valence-electron chi connectivity index (χ2n) is 8.58. The van der Waals surface area contributed by atoms with Crippen molar-refractivity contribution in [2.75, 3.05) is 18.4 Å². The van der Waals surface area contributed by atoms with Crippen molar-refractivity contribution in [2.45, 2.75) is 45.1 Å². The van der Waals surface area contributed by atoms with Crippen molar-refractivity contribution >= 4 is 39.1 Å². The lowest BCUT2D eigenvalue weighted by atomic mass is 9.95. The highest BCUT2D eigenvalue weighted by Gasteiger charge is 2.28. The van der Waals surface area contributed by atoms with Gasteiger partial charge in [0.05, 0.1) is 11.7 Å². The van der Waals surface area contributed by atoms with Crippen LogP contribution in [0.1, 0.15) is 36.1 Å². The van der Waals surface area contributed by atoms with Crippen LogP contribution in [0.5, 0.6) is 0 Å². The first kappa shape index (κ1) is 20.9. The summed E-state index contributed by atoms with van der Waals surface area (Å²) in [5.41, 5.74) is 1.81. The summed E-state index contributed by atoms with van der Waals surface area (Å²) in [5, 5.41) is 3.65. The van der Waals surface area contributed by atoms with Gasteiger partial charge in [0, 0.05) is 29.6 Å². The van der Waals surface area contributed by atoms with Gasteiger partial charge in [0.2, 0.25) is 11.8 Å². The van der Waals surface area contributed by atoms with Gasteiger partial charge in [-0.05, 0) is 56.2 Å². The Hall–Kier alpha value is -3.00. The summed E-state index contributed by atoms with van der Waals surface area (Å²) in [4.78, 5) is 46.8. The normalized spacial score (nSPS) is 16.7. The maximum absolute atomic E-state index is 13.1. The van der Waals surface area contributed by atoms with Crippen LogP contribution in [-0.4, -0.2) is 39.4 Å². The second kappa shape index (κ2) is 8.86. The van der Waals surface area contributed by atoms with Gasteiger partial charge in [0.1, 0.15) is 11.4 Å². The maximum Gasteiger partial charge on any atom is 0.262 e. The van der Waals surface area contributed by atoms with E-state index in [4.69, 9.17) is 0 Å². The van der Waals surface area contributed by atoms with E-state index in [1.165, 1.54) is 15.8 Å². The summed E-state index contributed by atoms with van der Waals surface area (Å²) >= 11 is 1.62. The lowest BCUT2D eigenvalue weighted by molar-refractivity contribution is -0.135. The zero-order chi connectivity index (χ0) is 22.1. The number of piperidine rings is 1. The van der Waals surface area contributed by atoms with Crippen molar-refractivity contribution in [1.82, 2.24) is 14.5 Å². The molecule has 0 spiro atoms. The molecule has 3 heterocycles. The molecule has 1 saturated heterocycles. The van der Waals surface area contributed by atoms with Gasteiger partial charge in [-0.3, -0.25) is 19.0 Å². The van der Waals surface area contributed by atoms with E-state index < -0.39 is 0 Å². The van der Waals surface area contributed by atoms with Crippen LogP contribution < -0.4 is 10.9 Å². The molecule has 1 aliphatic carbocycles. The Labute approximate surface area is 190 Å². The molecule has 3 aromatic rings. The molecule has 7 nitrogen and oxygen atoms in total. The molecule has 0 unspecified atom stereocenters. The van der Waals surface area contributed by atoms with E-state index in [0.717, 1.165) is 41.8 Å². The number of benzene rings is 1. The van der Waals surface area contributed by atoms with Crippen LogP contribution in [-0.2, 0) is 29.0 Å². The monoisotopic (exact) mass is 450 g/mol. The number of amides is 2. The molecule has 166 valence electrons. The number of para-hydroxylation sites is 1. The van der Waals surface area contributed by atoms with Crippen LogP contribution in [0.15, 0.2) is 41.5 Å². The second-order valence-corrected chi connectivity index (χ2v) is 9.66. The first-order chi connectivity index (χ1) is 15.6.